The molecule has 0 fully saturated rings. The minimum atomic E-state index is -0.957. The molecule has 172 valence electrons. The Bertz CT molecular complexity index is 326. The molecule has 0 aromatic carbocycles. The van der Waals surface area contributed by atoms with Crippen molar-refractivity contribution in [1.29, 1.82) is 0 Å². The molecule has 0 aromatic rings. The van der Waals surface area contributed by atoms with Crippen LogP contribution in [0.4, 0.5) is 0 Å². The second-order valence-electron chi connectivity index (χ2n) is 6.83. The van der Waals surface area contributed by atoms with Crippen molar-refractivity contribution in [1.82, 2.24) is 0 Å². The Balaban J connectivity index is -0.000000350. The third-order valence-corrected chi connectivity index (χ3v) is 10.3. The van der Waals surface area contributed by atoms with E-state index in [1.165, 1.54) is 49.2 Å². The molecule has 2 unspecified atom stereocenters. The fourth-order valence-corrected chi connectivity index (χ4v) is 7.72. The van der Waals surface area contributed by atoms with Crippen LogP contribution in [0.15, 0.2) is 0 Å². The van der Waals surface area contributed by atoms with Crippen molar-refractivity contribution in [2.24, 2.45) is 0 Å². The summed E-state index contributed by atoms with van der Waals surface area (Å²) in [5.41, 5.74) is 0. The van der Waals surface area contributed by atoms with Gasteiger partial charge in [-0.25, -0.2) is 0 Å². The third-order valence-electron chi connectivity index (χ3n) is 3.81. The molecule has 0 radical (unpaired) electrons. The van der Waals surface area contributed by atoms with Crippen molar-refractivity contribution in [3.63, 3.8) is 0 Å². The van der Waals surface area contributed by atoms with E-state index in [4.69, 9.17) is 0 Å². The van der Waals surface area contributed by atoms with E-state index in [-0.39, 0.29) is 31.6 Å². The van der Waals surface area contributed by atoms with E-state index in [2.05, 4.69) is 27.7 Å². The van der Waals surface area contributed by atoms with Crippen LogP contribution < -0.4 is 10.2 Å². The summed E-state index contributed by atoms with van der Waals surface area (Å²) in [6.45, 7) is 12.1. The molecule has 7 heteroatoms. The van der Waals surface area contributed by atoms with E-state index < -0.39 is 11.9 Å². The fourth-order valence-electron chi connectivity index (χ4n) is 1.67. The SMILES string of the molecule is CCCCSC(C)C(=O)[O-].CCCCSC(C)C(=O)[O-].CCC[CH2][Sn+2][CH2]CCC. The summed E-state index contributed by atoms with van der Waals surface area (Å²) in [6.07, 6.45) is 10.2. The first kappa shape index (κ1) is 34.1. The Morgan fingerprint density at radius 1 is 0.690 bits per heavy atom. The summed E-state index contributed by atoms with van der Waals surface area (Å²) in [6, 6.07) is 0. The molecule has 0 spiro atoms. The Hall–Kier alpha value is 0.439. The number of carbonyl (C=O) groups is 2. The number of carboxylic acids is 2. The predicted octanol–water partition coefficient (Wildman–Crippen LogP) is 4.44. The van der Waals surface area contributed by atoms with E-state index >= 15 is 0 Å². The number of rotatable bonds is 16. The predicted molar refractivity (Wildman–Crippen MR) is 129 cm³/mol. The van der Waals surface area contributed by atoms with Crippen LogP contribution in [-0.4, -0.2) is 55.1 Å². The van der Waals surface area contributed by atoms with E-state index in [1.54, 1.807) is 22.7 Å². The van der Waals surface area contributed by atoms with Crippen molar-refractivity contribution in [3.8, 4) is 0 Å². The topological polar surface area (TPSA) is 80.3 Å². The summed E-state index contributed by atoms with van der Waals surface area (Å²) in [5, 5.41) is 19.6. The molecule has 0 saturated carbocycles. The van der Waals surface area contributed by atoms with Gasteiger partial charge in [0.1, 0.15) is 0 Å². The van der Waals surface area contributed by atoms with E-state index in [0.717, 1.165) is 37.2 Å². The Morgan fingerprint density at radius 3 is 1.24 bits per heavy atom. The zero-order valence-electron chi connectivity index (χ0n) is 19.6. The fraction of sp³-hybridized carbons (Fsp3) is 0.909. The normalized spacial score (nSPS) is 11.8. The molecule has 0 aromatic heterocycles. The Labute approximate surface area is 199 Å². The van der Waals surface area contributed by atoms with Gasteiger partial charge in [-0.2, -0.15) is 23.5 Å². The van der Waals surface area contributed by atoms with E-state index in [0.29, 0.717) is 0 Å². The first-order chi connectivity index (χ1) is 13.8. The number of unbranched alkanes of at least 4 members (excludes halogenated alkanes) is 4. The minimum absolute atomic E-state index is 0.149. The van der Waals surface area contributed by atoms with Gasteiger partial charge in [0.25, 0.3) is 0 Å². The van der Waals surface area contributed by atoms with Gasteiger partial charge in [0.15, 0.2) is 0 Å². The van der Waals surface area contributed by atoms with Crippen molar-refractivity contribution in [2.45, 2.75) is 112 Å². The van der Waals surface area contributed by atoms with E-state index in [1.807, 2.05) is 0 Å². The standard InChI is InChI=1S/2C7H14O2S.2C4H9.Sn/c2*1-3-4-5-10-6(2)7(8)9;2*1-3-4-2;/h2*6H,3-5H2,1-2H3,(H,8,9);2*1,3-4H2,2H3;/q;;;;+2/p-2. The molecule has 29 heavy (non-hydrogen) atoms. The maximum atomic E-state index is 10.2. The van der Waals surface area contributed by atoms with Gasteiger partial charge in [0, 0.05) is 10.5 Å². The second kappa shape index (κ2) is 28.4. The number of hydrogen-bond donors (Lipinski definition) is 0. The molecule has 0 rings (SSSR count). The molecule has 0 amide bonds. The molecule has 2 atom stereocenters. The average molecular weight is 555 g/mol. The van der Waals surface area contributed by atoms with Crippen LogP contribution in [0.25, 0.3) is 0 Å². The summed E-state index contributed by atoms with van der Waals surface area (Å²) >= 11 is 3.04. The van der Waals surface area contributed by atoms with Gasteiger partial charge < -0.3 is 19.8 Å². The summed E-state index contributed by atoms with van der Waals surface area (Å²) in [4.78, 5) is 20.3. The van der Waals surface area contributed by atoms with Crippen LogP contribution in [0.5, 0.6) is 0 Å². The number of carbonyl (C=O) groups excluding carboxylic acids is 2. The molecule has 0 aliphatic rings. The molecule has 0 N–H and O–H groups in total. The van der Waals surface area contributed by atoms with Crippen molar-refractivity contribution < 1.29 is 19.8 Å². The van der Waals surface area contributed by atoms with Crippen LogP contribution >= 0.6 is 23.5 Å². The molecule has 0 aliphatic heterocycles. The Morgan fingerprint density at radius 2 is 1.00 bits per heavy atom. The summed E-state index contributed by atoms with van der Waals surface area (Å²) in [5.74, 6) is -0.0701. The van der Waals surface area contributed by atoms with Crippen LogP contribution in [0.3, 0.4) is 0 Å². The monoisotopic (exact) mass is 556 g/mol. The zero-order valence-corrected chi connectivity index (χ0v) is 24.1. The van der Waals surface area contributed by atoms with Gasteiger partial charge >= 0.3 is 69.5 Å². The number of aliphatic carboxylic acids is 2. The van der Waals surface area contributed by atoms with Gasteiger partial charge in [-0.1, -0.05) is 26.7 Å². The third kappa shape index (κ3) is 33.3. The van der Waals surface area contributed by atoms with Gasteiger partial charge in [-0.3, -0.25) is 0 Å². The maximum absolute atomic E-state index is 10.2. The van der Waals surface area contributed by atoms with E-state index in [9.17, 15) is 19.8 Å². The van der Waals surface area contributed by atoms with Gasteiger partial charge in [-0.15, -0.1) is 0 Å². The van der Waals surface area contributed by atoms with Crippen LogP contribution in [0.1, 0.15) is 92.9 Å². The zero-order chi connectivity index (χ0) is 22.9. The molecule has 0 heterocycles. The first-order valence-corrected chi connectivity index (χ1v) is 17.3. The molecular weight excluding hydrogens is 511 g/mol. The average Bonchev–Trinajstić information content (AvgIpc) is 2.69. The molecule has 4 nitrogen and oxygen atoms in total. The Kier molecular flexibility index (Phi) is 33.4. The van der Waals surface area contributed by atoms with Crippen molar-refractivity contribution >= 4 is 56.6 Å². The molecular formula is C22H44O4S2Sn. The van der Waals surface area contributed by atoms with Crippen molar-refractivity contribution in [3.05, 3.63) is 0 Å². The molecule has 0 aliphatic carbocycles. The first-order valence-electron chi connectivity index (χ1n) is 11.1. The number of carboxylic acid groups (broad SMARTS) is 2. The van der Waals surface area contributed by atoms with Gasteiger partial charge in [0.2, 0.25) is 0 Å². The number of hydrogen-bond acceptors (Lipinski definition) is 6. The quantitative estimate of drug-likeness (QED) is 0.207. The van der Waals surface area contributed by atoms with Crippen molar-refractivity contribution in [2.75, 3.05) is 11.5 Å². The molecule has 0 saturated heterocycles. The van der Waals surface area contributed by atoms with Gasteiger partial charge in [-0.05, 0) is 38.2 Å². The van der Waals surface area contributed by atoms with Crippen LogP contribution in [0.2, 0.25) is 8.87 Å². The summed E-state index contributed by atoms with van der Waals surface area (Å²) < 4.78 is 3.25. The second-order valence-corrected chi connectivity index (χ2v) is 14.0. The number of thioether (sulfide) groups is 2. The van der Waals surface area contributed by atoms with Crippen LogP contribution in [-0.2, 0) is 9.59 Å². The van der Waals surface area contributed by atoms with Gasteiger partial charge in [0.05, 0.1) is 11.9 Å². The molecule has 0 bridgehead atoms. The summed E-state index contributed by atoms with van der Waals surface area (Å²) in [7, 11) is 0. The van der Waals surface area contributed by atoms with Crippen LogP contribution in [0, 0.1) is 0 Å².